The molecule has 3 fully saturated rings. The first-order valence-electron chi connectivity index (χ1n) is 12.0. The third-order valence-corrected chi connectivity index (χ3v) is 8.44. The molecule has 0 radical (unpaired) electrons. The topological polar surface area (TPSA) is 111 Å². The molecule has 10 heteroatoms. The number of hydrogen-bond acceptors (Lipinski definition) is 8. The van der Waals surface area contributed by atoms with E-state index in [1.165, 1.54) is 18.2 Å². The largest absolute Gasteiger partial charge is 0.388 e. The second-order valence-electron chi connectivity index (χ2n) is 10.4. The normalized spacial score (nSPS) is 41.9. The van der Waals surface area contributed by atoms with Gasteiger partial charge in [0.15, 0.2) is 0 Å². The number of alkyl halides is 1. The Hall–Kier alpha value is -0.130. The summed E-state index contributed by atoms with van der Waals surface area (Å²) in [5.74, 6) is 1.31. The van der Waals surface area contributed by atoms with E-state index in [2.05, 4.69) is 19.2 Å². The number of aliphatic hydroxyl groups is 3. The van der Waals surface area contributed by atoms with Gasteiger partial charge in [-0.3, -0.25) is 9.69 Å². The molecule has 0 aromatic rings. The van der Waals surface area contributed by atoms with Crippen LogP contribution >= 0.6 is 23.4 Å². The van der Waals surface area contributed by atoms with Crippen LogP contribution in [0.2, 0.25) is 0 Å². The van der Waals surface area contributed by atoms with Gasteiger partial charge in [-0.05, 0) is 51.3 Å². The number of thioether (sulfide) groups is 1. The molecule has 33 heavy (non-hydrogen) atoms. The summed E-state index contributed by atoms with van der Waals surface area (Å²) in [5, 5.41) is 33.5. The number of amides is 1. The third-order valence-electron chi connectivity index (χ3n) is 7.32. The average Bonchev–Trinajstić information content (AvgIpc) is 2.92. The minimum atomic E-state index is -1.39. The Morgan fingerprint density at radius 1 is 1.21 bits per heavy atom. The number of fused-ring (bicyclic) bond motifs is 1. The molecular formula is C23H41ClN2O6S. The van der Waals surface area contributed by atoms with E-state index in [9.17, 15) is 20.1 Å². The molecule has 3 saturated heterocycles. The molecule has 0 aromatic carbocycles. The van der Waals surface area contributed by atoms with E-state index >= 15 is 0 Å². The molecule has 0 saturated carbocycles. The van der Waals surface area contributed by atoms with Crippen molar-refractivity contribution in [3.8, 4) is 0 Å². The molecule has 192 valence electrons. The van der Waals surface area contributed by atoms with Crippen molar-refractivity contribution in [3.05, 3.63) is 0 Å². The van der Waals surface area contributed by atoms with Crippen molar-refractivity contribution < 1.29 is 29.6 Å². The summed E-state index contributed by atoms with van der Waals surface area (Å²) in [6.45, 7) is 7.64. The fraction of sp³-hybridized carbons (Fsp3) is 0.957. The Morgan fingerprint density at radius 3 is 2.52 bits per heavy atom. The van der Waals surface area contributed by atoms with Gasteiger partial charge < -0.3 is 30.1 Å². The highest BCUT2D eigenvalue weighted by molar-refractivity contribution is 7.99. The summed E-state index contributed by atoms with van der Waals surface area (Å²) in [5.41, 5.74) is -0.732. The van der Waals surface area contributed by atoms with E-state index in [1.54, 1.807) is 13.2 Å². The van der Waals surface area contributed by atoms with Gasteiger partial charge in [-0.25, -0.2) is 0 Å². The molecule has 0 aromatic heterocycles. The quantitative estimate of drug-likeness (QED) is 0.377. The lowest BCUT2D eigenvalue weighted by Gasteiger charge is -2.44. The minimum Gasteiger partial charge on any atom is -0.388 e. The van der Waals surface area contributed by atoms with Crippen LogP contribution in [0.25, 0.3) is 0 Å². The lowest BCUT2D eigenvalue weighted by Crippen LogP contribution is -2.65. The number of halogens is 1. The van der Waals surface area contributed by atoms with Crippen LogP contribution in [0.4, 0.5) is 0 Å². The van der Waals surface area contributed by atoms with Gasteiger partial charge in [-0.15, -0.1) is 23.4 Å². The van der Waals surface area contributed by atoms with E-state index < -0.39 is 47.3 Å². The van der Waals surface area contributed by atoms with Crippen LogP contribution in [-0.4, -0.2) is 106 Å². The summed E-state index contributed by atoms with van der Waals surface area (Å²) in [4.78, 5) is 15.5. The standard InChI is InChI=1S/C23H41ClN2O6S/c1-11(2)8-13-6-7-31-20-14(9-13)10-26(4)16(20)22(30)25-15(12(3)24)21-18(28)17(27)19(29)23(32-21)33-5/h11-21,23,27-29H,6-10H2,1-5H3,(H,25,30)/t12-,13+,14-,15+,16-,17?,18?,19+,20+,21+,23?/m0/s1. The van der Waals surface area contributed by atoms with E-state index in [0.29, 0.717) is 24.4 Å². The lowest BCUT2D eigenvalue weighted by atomic mass is 9.85. The third kappa shape index (κ3) is 6.17. The highest BCUT2D eigenvalue weighted by Crippen LogP contribution is 2.37. The van der Waals surface area contributed by atoms with Crippen molar-refractivity contribution in [3.63, 3.8) is 0 Å². The van der Waals surface area contributed by atoms with Gasteiger partial charge in [-0.1, -0.05) is 13.8 Å². The van der Waals surface area contributed by atoms with Crippen molar-refractivity contribution >= 4 is 29.3 Å². The first-order valence-corrected chi connectivity index (χ1v) is 13.8. The second kappa shape index (κ2) is 11.7. The van der Waals surface area contributed by atoms with Gasteiger partial charge in [0.2, 0.25) is 5.91 Å². The zero-order valence-corrected chi connectivity index (χ0v) is 21.8. The Labute approximate surface area is 206 Å². The SMILES string of the molecule is CSC1O[C@H]([C@H](NC(=O)[C@@H]2[C@@H]3OCC[C@H](CC(C)C)C[C@H]3CN2C)[C@H](C)Cl)C(O)C(O)[C@H]1O. The number of likely N-dealkylation sites (tertiary alicyclic amines) is 1. The Morgan fingerprint density at radius 2 is 1.91 bits per heavy atom. The van der Waals surface area contributed by atoms with E-state index in [0.717, 1.165) is 19.4 Å². The van der Waals surface area contributed by atoms with Gasteiger partial charge in [0.1, 0.15) is 35.9 Å². The molecular weight excluding hydrogens is 468 g/mol. The van der Waals surface area contributed by atoms with Crippen LogP contribution < -0.4 is 5.32 Å². The zero-order valence-electron chi connectivity index (χ0n) is 20.3. The number of likely N-dealkylation sites (N-methyl/N-ethyl adjacent to an activating group) is 1. The van der Waals surface area contributed by atoms with Crippen molar-refractivity contribution in [1.82, 2.24) is 10.2 Å². The van der Waals surface area contributed by atoms with E-state index in [-0.39, 0.29) is 12.0 Å². The monoisotopic (exact) mass is 508 g/mol. The molecule has 8 nitrogen and oxygen atoms in total. The Kier molecular flexibility index (Phi) is 9.77. The zero-order chi connectivity index (χ0) is 24.4. The predicted molar refractivity (Wildman–Crippen MR) is 129 cm³/mol. The number of nitrogens with one attached hydrogen (secondary N) is 1. The number of carbonyl (C=O) groups excluding carboxylic acids is 1. The number of nitrogens with zero attached hydrogens (tertiary/aromatic N) is 1. The van der Waals surface area contributed by atoms with Crippen LogP contribution in [0.1, 0.15) is 40.0 Å². The van der Waals surface area contributed by atoms with Crippen molar-refractivity contribution in [2.45, 2.75) is 93.5 Å². The van der Waals surface area contributed by atoms with E-state index in [4.69, 9.17) is 21.1 Å². The maximum Gasteiger partial charge on any atom is 0.240 e. The molecule has 3 rings (SSSR count). The maximum absolute atomic E-state index is 13.5. The summed E-state index contributed by atoms with van der Waals surface area (Å²) >= 11 is 7.67. The van der Waals surface area contributed by atoms with Gasteiger partial charge in [0.05, 0.1) is 17.5 Å². The molecule has 3 heterocycles. The fourth-order valence-corrected chi connectivity index (χ4v) is 6.64. The van der Waals surface area contributed by atoms with Gasteiger partial charge in [-0.2, -0.15) is 0 Å². The molecule has 1 amide bonds. The molecule has 11 atom stereocenters. The van der Waals surface area contributed by atoms with E-state index in [1.807, 2.05) is 11.9 Å². The smallest absolute Gasteiger partial charge is 0.240 e. The van der Waals surface area contributed by atoms with Crippen LogP contribution in [0.5, 0.6) is 0 Å². The molecule has 3 aliphatic rings. The summed E-state index contributed by atoms with van der Waals surface area (Å²) < 4.78 is 12.1. The first kappa shape index (κ1) is 27.5. The molecule has 3 unspecified atom stereocenters. The van der Waals surface area contributed by atoms with Crippen molar-refractivity contribution in [2.24, 2.45) is 17.8 Å². The molecule has 4 N–H and O–H groups in total. The van der Waals surface area contributed by atoms with Crippen LogP contribution in [0.3, 0.4) is 0 Å². The van der Waals surface area contributed by atoms with Gasteiger partial charge in [0.25, 0.3) is 0 Å². The number of carbonyl (C=O) groups is 1. The predicted octanol–water partition coefficient (Wildman–Crippen LogP) is 1.04. The van der Waals surface area contributed by atoms with Crippen LogP contribution in [0.15, 0.2) is 0 Å². The Balaban J connectivity index is 1.72. The highest BCUT2D eigenvalue weighted by atomic mass is 35.5. The lowest BCUT2D eigenvalue weighted by molar-refractivity contribution is -0.205. The highest BCUT2D eigenvalue weighted by Gasteiger charge is 2.50. The number of hydrogen-bond donors (Lipinski definition) is 4. The molecule has 3 aliphatic heterocycles. The second-order valence-corrected chi connectivity index (χ2v) is 12.0. The van der Waals surface area contributed by atoms with Gasteiger partial charge in [0, 0.05) is 19.1 Å². The Bertz CT molecular complexity index is 656. The minimum absolute atomic E-state index is 0.193. The van der Waals surface area contributed by atoms with Crippen LogP contribution in [-0.2, 0) is 14.3 Å². The van der Waals surface area contributed by atoms with Crippen molar-refractivity contribution in [2.75, 3.05) is 26.5 Å². The molecule has 0 aliphatic carbocycles. The molecule has 0 bridgehead atoms. The number of ether oxygens (including phenoxy) is 2. The summed E-state index contributed by atoms with van der Waals surface area (Å²) in [6, 6.07) is -1.21. The van der Waals surface area contributed by atoms with Gasteiger partial charge >= 0.3 is 0 Å². The number of aliphatic hydroxyl groups excluding tert-OH is 3. The number of rotatable bonds is 7. The first-order chi connectivity index (χ1) is 15.5. The summed E-state index contributed by atoms with van der Waals surface area (Å²) in [6.07, 6.45) is -0.163. The summed E-state index contributed by atoms with van der Waals surface area (Å²) in [7, 11) is 1.94. The maximum atomic E-state index is 13.5. The average molecular weight is 509 g/mol. The fourth-order valence-electron chi connectivity index (χ4n) is 5.75. The van der Waals surface area contributed by atoms with Crippen molar-refractivity contribution in [1.29, 1.82) is 0 Å². The molecule has 0 spiro atoms. The van der Waals surface area contributed by atoms with Crippen LogP contribution in [0, 0.1) is 17.8 Å².